The van der Waals surface area contributed by atoms with Crippen molar-refractivity contribution in [3.63, 3.8) is 0 Å². The minimum atomic E-state index is -1.29. The highest BCUT2D eigenvalue weighted by Gasteiger charge is 2.30. The molecule has 13 heteroatoms. The molecule has 3 amide bonds. The number of carboxylic acids is 1. The topological polar surface area (TPSA) is 169 Å². The van der Waals surface area contributed by atoms with E-state index in [9.17, 15) is 29.1 Å². The lowest BCUT2D eigenvalue weighted by Gasteiger charge is -2.29. The Morgan fingerprint density at radius 2 is 1.54 bits per heavy atom. The van der Waals surface area contributed by atoms with Gasteiger partial charge in [0.1, 0.15) is 25.5 Å². The minimum absolute atomic E-state index is 0.0124. The number of carbonyl (C=O) groups is 4. The van der Waals surface area contributed by atoms with Gasteiger partial charge in [-0.1, -0.05) is 66.7 Å². The molecule has 50 heavy (non-hydrogen) atoms. The van der Waals surface area contributed by atoms with Gasteiger partial charge in [-0.3, -0.25) is 19.0 Å². The van der Waals surface area contributed by atoms with E-state index in [1.807, 2.05) is 69.3 Å². The van der Waals surface area contributed by atoms with E-state index < -0.39 is 54.3 Å². The number of alkyl carbamates (subject to hydrolysis) is 1. The quantitative estimate of drug-likeness (QED) is 0.188. The number of rotatable bonds is 13. The number of carbonyl (C=O) groups excluding carboxylic acids is 3. The maximum Gasteiger partial charge on any atom is 0.407 e. The number of anilines is 1. The zero-order valence-corrected chi connectivity index (χ0v) is 28.0. The van der Waals surface area contributed by atoms with Gasteiger partial charge in [-0.2, -0.15) is 4.98 Å². The van der Waals surface area contributed by atoms with Crippen molar-refractivity contribution in [3.05, 3.63) is 118 Å². The van der Waals surface area contributed by atoms with Gasteiger partial charge < -0.3 is 30.1 Å². The summed E-state index contributed by atoms with van der Waals surface area (Å²) in [6, 6.07) is 24.7. The molecule has 1 aromatic heterocycles. The van der Waals surface area contributed by atoms with Crippen molar-refractivity contribution in [3.8, 4) is 11.1 Å². The molecule has 0 saturated carbocycles. The van der Waals surface area contributed by atoms with E-state index in [-0.39, 0.29) is 31.5 Å². The molecule has 3 aromatic carbocycles. The van der Waals surface area contributed by atoms with Crippen LogP contribution in [-0.4, -0.2) is 81.4 Å². The number of amides is 3. The summed E-state index contributed by atoms with van der Waals surface area (Å²) < 4.78 is 12.6. The van der Waals surface area contributed by atoms with Crippen LogP contribution < -0.4 is 16.3 Å². The highest BCUT2D eigenvalue weighted by Crippen LogP contribution is 2.44. The zero-order chi connectivity index (χ0) is 35.8. The summed E-state index contributed by atoms with van der Waals surface area (Å²) in [4.78, 5) is 68.5. The molecule has 13 nitrogen and oxygen atoms in total. The fourth-order valence-corrected chi connectivity index (χ4v) is 5.62. The van der Waals surface area contributed by atoms with Crippen molar-refractivity contribution in [2.75, 3.05) is 31.6 Å². The summed E-state index contributed by atoms with van der Waals surface area (Å²) in [6.45, 7) is 3.97. The first-order chi connectivity index (χ1) is 23.9. The molecule has 1 aliphatic rings. The Labute approximate surface area is 288 Å². The Morgan fingerprint density at radius 1 is 0.920 bits per heavy atom. The smallest absolute Gasteiger partial charge is 0.407 e. The monoisotopic (exact) mass is 681 g/mol. The number of nitrogens with one attached hydrogen (secondary N) is 2. The predicted molar refractivity (Wildman–Crippen MR) is 185 cm³/mol. The first kappa shape index (κ1) is 35.5. The molecule has 1 atom stereocenters. The summed E-state index contributed by atoms with van der Waals surface area (Å²) in [6.07, 6.45) is 0.521. The number of hydrogen-bond acceptors (Lipinski definition) is 8. The van der Waals surface area contributed by atoms with Crippen LogP contribution in [0.2, 0.25) is 0 Å². The molecule has 4 aromatic rings. The van der Waals surface area contributed by atoms with Gasteiger partial charge in [0.2, 0.25) is 5.91 Å². The summed E-state index contributed by atoms with van der Waals surface area (Å²) in [5, 5.41) is 14.9. The van der Waals surface area contributed by atoms with Crippen LogP contribution in [0.3, 0.4) is 0 Å². The Kier molecular flexibility index (Phi) is 11.1. The highest BCUT2D eigenvalue weighted by atomic mass is 16.5. The maximum absolute atomic E-state index is 13.4. The second kappa shape index (κ2) is 15.6. The van der Waals surface area contributed by atoms with Gasteiger partial charge in [-0.15, -0.1) is 0 Å². The lowest BCUT2D eigenvalue weighted by Crippen LogP contribution is -2.51. The average molecular weight is 682 g/mol. The molecule has 0 spiro atoms. The lowest BCUT2D eigenvalue weighted by molar-refractivity contribution is -0.145. The minimum Gasteiger partial charge on any atom is -0.480 e. The van der Waals surface area contributed by atoms with Gasteiger partial charge in [0.15, 0.2) is 0 Å². The highest BCUT2D eigenvalue weighted by molar-refractivity contribution is 6.03. The van der Waals surface area contributed by atoms with E-state index in [0.717, 1.165) is 31.7 Å². The summed E-state index contributed by atoms with van der Waals surface area (Å²) >= 11 is 0. The van der Waals surface area contributed by atoms with E-state index in [1.165, 1.54) is 12.3 Å². The lowest BCUT2D eigenvalue weighted by atomic mass is 9.98. The number of fused-ring (bicyclic) bond motifs is 3. The van der Waals surface area contributed by atoms with Gasteiger partial charge in [0.05, 0.1) is 18.2 Å². The van der Waals surface area contributed by atoms with Crippen LogP contribution in [0.4, 0.5) is 10.6 Å². The number of ether oxygens (including phenoxy) is 2. The summed E-state index contributed by atoms with van der Waals surface area (Å²) in [7, 11) is 0. The molecule has 3 N–H and O–H groups in total. The molecule has 0 unspecified atom stereocenters. The SMILES string of the molecule is CC(C)(C)OC[C@@H](CN(CC(=O)O)C(=O)Cn1ccc(NC(=O)c2ccccc2)nc1=O)NC(=O)OCC1c2ccccc2-c2ccccc21. The van der Waals surface area contributed by atoms with Crippen molar-refractivity contribution in [2.45, 2.75) is 44.9 Å². The Hall–Kier alpha value is -5.82. The molecular weight excluding hydrogens is 642 g/mol. The Balaban J connectivity index is 1.25. The normalized spacial score (nSPS) is 12.7. The number of aromatic nitrogens is 2. The molecular formula is C37H39N5O8. The number of carboxylic acid groups (broad SMARTS) is 1. The van der Waals surface area contributed by atoms with Gasteiger partial charge >= 0.3 is 17.8 Å². The average Bonchev–Trinajstić information content (AvgIpc) is 3.40. The predicted octanol–water partition coefficient (Wildman–Crippen LogP) is 4.13. The number of benzene rings is 3. The molecule has 1 heterocycles. The summed E-state index contributed by atoms with van der Waals surface area (Å²) in [5.74, 6) is -2.66. The molecule has 5 rings (SSSR count). The van der Waals surface area contributed by atoms with E-state index in [0.29, 0.717) is 5.56 Å². The molecule has 1 aliphatic carbocycles. The Morgan fingerprint density at radius 3 is 2.14 bits per heavy atom. The number of aliphatic carboxylic acids is 1. The number of hydrogen-bond donors (Lipinski definition) is 3. The number of nitrogens with zero attached hydrogens (tertiary/aromatic N) is 3. The largest absolute Gasteiger partial charge is 0.480 e. The van der Waals surface area contributed by atoms with Crippen molar-refractivity contribution >= 4 is 29.7 Å². The van der Waals surface area contributed by atoms with Gasteiger partial charge in [0, 0.05) is 24.2 Å². The van der Waals surface area contributed by atoms with Gasteiger partial charge in [-0.25, -0.2) is 9.59 Å². The molecule has 260 valence electrons. The molecule has 0 aliphatic heterocycles. The van der Waals surface area contributed by atoms with Crippen LogP contribution in [-0.2, 0) is 25.6 Å². The third kappa shape index (κ3) is 9.20. The maximum atomic E-state index is 13.4. The van der Waals surface area contributed by atoms with Gasteiger partial charge in [0.25, 0.3) is 5.91 Å². The van der Waals surface area contributed by atoms with Crippen molar-refractivity contribution in [2.24, 2.45) is 0 Å². The molecule has 0 fully saturated rings. The first-order valence-corrected chi connectivity index (χ1v) is 16.1. The van der Waals surface area contributed by atoms with Crippen molar-refractivity contribution in [1.29, 1.82) is 0 Å². The fourth-order valence-electron chi connectivity index (χ4n) is 5.62. The fraction of sp³-hybridized carbons (Fsp3) is 0.297. The van der Waals surface area contributed by atoms with Crippen molar-refractivity contribution < 1.29 is 33.8 Å². The molecule has 0 saturated heterocycles. The second-order valence-electron chi connectivity index (χ2n) is 12.8. The summed E-state index contributed by atoms with van der Waals surface area (Å²) in [5.41, 5.74) is 3.18. The standard InChI is InChI=1S/C37H39N5O8/c1-37(2,3)50-22-25(38-36(48)49-23-30-28-15-9-7-13-26(28)27-14-8-10-16-29(27)30)19-42(21-33(44)45)32(43)20-41-18-17-31(40-35(41)47)39-34(46)24-11-5-4-6-12-24/h4-18,25,30H,19-23H2,1-3H3,(H,38,48)(H,44,45)(H,39,40,46,47)/t25-/m1/s1. The van der Waals surface area contributed by atoms with E-state index in [1.54, 1.807) is 30.3 Å². The second-order valence-corrected chi connectivity index (χ2v) is 12.8. The molecule has 0 radical (unpaired) electrons. The third-order valence-electron chi connectivity index (χ3n) is 7.96. The van der Waals surface area contributed by atoms with Crippen LogP contribution >= 0.6 is 0 Å². The molecule has 0 bridgehead atoms. The third-order valence-corrected chi connectivity index (χ3v) is 7.96. The van der Waals surface area contributed by atoms with Crippen LogP contribution in [0.5, 0.6) is 0 Å². The van der Waals surface area contributed by atoms with E-state index in [2.05, 4.69) is 15.6 Å². The van der Waals surface area contributed by atoms with Crippen LogP contribution in [0.15, 0.2) is 95.9 Å². The van der Waals surface area contributed by atoms with Crippen LogP contribution in [0.25, 0.3) is 11.1 Å². The van der Waals surface area contributed by atoms with Crippen LogP contribution in [0.1, 0.15) is 48.2 Å². The zero-order valence-electron chi connectivity index (χ0n) is 28.0. The van der Waals surface area contributed by atoms with E-state index >= 15 is 0 Å². The van der Waals surface area contributed by atoms with Crippen molar-refractivity contribution in [1.82, 2.24) is 19.8 Å². The first-order valence-electron chi connectivity index (χ1n) is 16.1. The van der Waals surface area contributed by atoms with E-state index in [4.69, 9.17) is 9.47 Å². The van der Waals surface area contributed by atoms with Crippen LogP contribution in [0, 0.1) is 0 Å². The Bertz CT molecular complexity index is 1880. The van der Waals surface area contributed by atoms with Gasteiger partial charge in [-0.05, 0) is 61.2 Å².